The first kappa shape index (κ1) is 15.3. The van der Waals surface area contributed by atoms with E-state index in [1.807, 2.05) is 0 Å². The summed E-state index contributed by atoms with van der Waals surface area (Å²) in [7, 11) is 0. The van der Waals surface area contributed by atoms with Crippen LogP contribution in [0.2, 0.25) is 10.0 Å². The number of ketones is 1. The van der Waals surface area contributed by atoms with E-state index in [1.54, 1.807) is 0 Å². The minimum atomic E-state index is -0.437. The molecule has 0 amide bonds. The van der Waals surface area contributed by atoms with E-state index in [9.17, 15) is 9.18 Å². The molecule has 0 heterocycles. The van der Waals surface area contributed by atoms with Crippen molar-refractivity contribution in [2.45, 2.75) is 6.54 Å². The molecule has 0 saturated heterocycles. The van der Waals surface area contributed by atoms with Crippen LogP contribution in [-0.2, 0) is 6.54 Å². The van der Waals surface area contributed by atoms with Crippen LogP contribution in [0.15, 0.2) is 41.5 Å². The number of rotatable bonds is 4. The van der Waals surface area contributed by atoms with Gasteiger partial charge in [-0.3, -0.25) is 4.79 Å². The highest BCUT2D eigenvalue weighted by molar-refractivity contribution is 6.41. The van der Waals surface area contributed by atoms with Crippen molar-refractivity contribution < 1.29 is 9.18 Å². The van der Waals surface area contributed by atoms with Gasteiger partial charge in [0.15, 0.2) is 5.78 Å². The van der Waals surface area contributed by atoms with E-state index in [2.05, 4.69) is 10.0 Å². The highest BCUT2D eigenvalue weighted by Crippen LogP contribution is 2.29. The lowest BCUT2D eigenvalue weighted by Gasteiger charge is -2.08. The summed E-state index contributed by atoms with van der Waals surface area (Å²) in [4.78, 5) is 15.0. The third-order valence-corrected chi connectivity index (χ3v) is 3.35. The summed E-state index contributed by atoms with van der Waals surface area (Å²) in [6.07, 6.45) is 0. The Hall–Kier alpha value is -2.07. The number of halogens is 3. The van der Waals surface area contributed by atoms with Gasteiger partial charge in [-0.15, -0.1) is 0 Å². The van der Waals surface area contributed by atoms with Gasteiger partial charge in [0, 0.05) is 10.5 Å². The van der Waals surface area contributed by atoms with E-state index < -0.39 is 11.6 Å². The van der Waals surface area contributed by atoms with E-state index in [0.29, 0.717) is 5.56 Å². The molecule has 0 aliphatic carbocycles. The molecule has 2 aromatic carbocycles. The van der Waals surface area contributed by atoms with E-state index in [1.165, 1.54) is 36.4 Å². The Morgan fingerprint density at radius 1 is 1.19 bits per heavy atom. The maximum Gasteiger partial charge on any atom is 0.196 e. The van der Waals surface area contributed by atoms with Crippen molar-refractivity contribution in [3.05, 3.63) is 79.4 Å². The smallest absolute Gasteiger partial charge is 0.196 e. The summed E-state index contributed by atoms with van der Waals surface area (Å²) in [6.45, 7) is 0.0843. The molecule has 0 unspecified atom stereocenters. The van der Waals surface area contributed by atoms with Gasteiger partial charge in [0.25, 0.3) is 0 Å². The molecule has 0 saturated carbocycles. The number of carbonyl (C=O) groups is 1. The topological polar surface area (TPSA) is 65.8 Å². The van der Waals surface area contributed by atoms with Crippen LogP contribution in [0.25, 0.3) is 10.4 Å². The Balaban J connectivity index is 2.41. The Kier molecular flexibility index (Phi) is 4.81. The summed E-state index contributed by atoms with van der Waals surface area (Å²) in [5, 5.41) is 3.71. The van der Waals surface area contributed by atoms with Gasteiger partial charge in [-0.25, -0.2) is 4.39 Å². The molecule has 106 valence electrons. The van der Waals surface area contributed by atoms with E-state index in [-0.39, 0.29) is 27.7 Å². The first-order valence-electron chi connectivity index (χ1n) is 5.82. The van der Waals surface area contributed by atoms with Gasteiger partial charge in [0.1, 0.15) is 5.82 Å². The largest absolute Gasteiger partial charge is 0.288 e. The van der Waals surface area contributed by atoms with Crippen LogP contribution < -0.4 is 0 Å². The van der Waals surface area contributed by atoms with Crippen LogP contribution in [0.1, 0.15) is 21.5 Å². The molecule has 21 heavy (non-hydrogen) atoms. The third kappa shape index (κ3) is 3.52. The van der Waals surface area contributed by atoms with Crippen LogP contribution in [0.4, 0.5) is 4.39 Å². The van der Waals surface area contributed by atoms with E-state index in [4.69, 9.17) is 28.7 Å². The lowest BCUT2D eigenvalue weighted by Crippen LogP contribution is -2.04. The zero-order valence-corrected chi connectivity index (χ0v) is 12.1. The maximum absolute atomic E-state index is 12.9. The monoisotopic (exact) mass is 323 g/mol. The highest BCUT2D eigenvalue weighted by atomic mass is 35.5. The van der Waals surface area contributed by atoms with Gasteiger partial charge in [-0.05, 0) is 47.5 Å². The SMILES string of the molecule is [N-]=[N+]=NCc1cc(Cl)c(C(=O)c2ccc(F)cc2)c(Cl)c1. The molecule has 0 aromatic heterocycles. The molecular formula is C14H8Cl2FN3O. The Bertz CT molecular complexity index is 717. The van der Waals surface area contributed by atoms with Crippen molar-refractivity contribution in [3.63, 3.8) is 0 Å². The van der Waals surface area contributed by atoms with Crippen molar-refractivity contribution in [1.29, 1.82) is 0 Å². The van der Waals surface area contributed by atoms with Gasteiger partial charge in [-0.2, -0.15) is 0 Å². The Morgan fingerprint density at radius 3 is 2.29 bits per heavy atom. The maximum atomic E-state index is 12.9. The first-order chi connectivity index (χ1) is 10.0. The lowest BCUT2D eigenvalue weighted by molar-refractivity contribution is 0.103. The van der Waals surface area contributed by atoms with Gasteiger partial charge in [0.2, 0.25) is 0 Å². The summed E-state index contributed by atoms with van der Waals surface area (Å²) in [5.74, 6) is -0.839. The molecule has 0 spiro atoms. The standard InChI is InChI=1S/C14H8Cl2FN3O/c15-11-5-8(7-19-20-18)6-12(16)13(11)14(21)9-1-3-10(17)4-2-9/h1-6H,7H2. The van der Waals surface area contributed by atoms with Crippen molar-refractivity contribution in [2.75, 3.05) is 0 Å². The second-order valence-electron chi connectivity index (χ2n) is 4.16. The van der Waals surface area contributed by atoms with Gasteiger partial charge < -0.3 is 0 Å². The van der Waals surface area contributed by atoms with Crippen molar-refractivity contribution in [3.8, 4) is 0 Å². The van der Waals surface area contributed by atoms with Gasteiger partial charge in [0.05, 0.1) is 22.2 Å². The molecule has 0 atom stereocenters. The number of benzene rings is 2. The number of azide groups is 1. The summed E-state index contributed by atoms with van der Waals surface area (Å²) >= 11 is 12.2. The van der Waals surface area contributed by atoms with Crippen molar-refractivity contribution in [1.82, 2.24) is 0 Å². The number of hydrogen-bond acceptors (Lipinski definition) is 2. The summed E-state index contributed by atoms with van der Waals surface area (Å²) < 4.78 is 12.9. The normalized spacial score (nSPS) is 10.0. The molecule has 2 rings (SSSR count). The fourth-order valence-corrected chi connectivity index (χ4v) is 2.50. The average molecular weight is 324 g/mol. The van der Waals surface area contributed by atoms with Crippen molar-refractivity contribution in [2.24, 2.45) is 5.11 Å². The fourth-order valence-electron chi connectivity index (χ4n) is 1.79. The van der Waals surface area contributed by atoms with Crippen LogP contribution in [0.5, 0.6) is 0 Å². The quantitative estimate of drug-likeness (QED) is 0.331. The second-order valence-corrected chi connectivity index (χ2v) is 4.97. The predicted molar refractivity (Wildman–Crippen MR) is 79.1 cm³/mol. The average Bonchev–Trinajstić information content (AvgIpc) is 2.45. The molecule has 2 aromatic rings. The third-order valence-electron chi connectivity index (χ3n) is 2.75. The van der Waals surface area contributed by atoms with Crippen molar-refractivity contribution >= 4 is 29.0 Å². The molecule has 0 fully saturated rings. The highest BCUT2D eigenvalue weighted by Gasteiger charge is 2.17. The molecule has 4 nitrogen and oxygen atoms in total. The zero-order chi connectivity index (χ0) is 15.4. The Morgan fingerprint density at radius 2 is 1.76 bits per heavy atom. The fraction of sp³-hybridized carbons (Fsp3) is 0.0714. The van der Waals surface area contributed by atoms with Gasteiger partial charge >= 0.3 is 0 Å². The van der Waals surface area contributed by atoms with E-state index >= 15 is 0 Å². The predicted octanol–water partition coefficient (Wildman–Crippen LogP) is 5.17. The molecule has 0 bridgehead atoms. The molecular weight excluding hydrogens is 316 g/mol. The minimum absolute atomic E-state index is 0.0843. The second kappa shape index (κ2) is 6.59. The number of carbonyl (C=O) groups excluding carboxylic acids is 1. The molecule has 0 aliphatic heterocycles. The lowest BCUT2D eigenvalue weighted by atomic mass is 10.0. The molecule has 0 N–H and O–H groups in total. The number of hydrogen-bond donors (Lipinski definition) is 0. The summed E-state index contributed by atoms with van der Waals surface area (Å²) in [6, 6.07) is 8.12. The molecule has 0 radical (unpaired) electrons. The van der Waals surface area contributed by atoms with Crippen LogP contribution in [-0.4, -0.2) is 5.78 Å². The van der Waals surface area contributed by atoms with Gasteiger partial charge in [-0.1, -0.05) is 28.3 Å². The zero-order valence-electron chi connectivity index (χ0n) is 10.6. The first-order valence-corrected chi connectivity index (χ1v) is 6.57. The Labute approximate surface area is 129 Å². The molecule has 7 heteroatoms. The van der Waals surface area contributed by atoms with Crippen LogP contribution in [0, 0.1) is 5.82 Å². The minimum Gasteiger partial charge on any atom is -0.288 e. The number of nitrogens with zero attached hydrogens (tertiary/aromatic N) is 3. The summed E-state index contributed by atoms with van der Waals surface area (Å²) in [5.41, 5.74) is 9.30. The van der Waals surface area contributed by atoms with Crippen LogP contribution >= 0.6 is 23.2 Å². The van der Waals surface area contributed by atoms with Crippen LogP contribution in [0.3, 0.4) is 0 Å². The molecule has 0 aliphatic rings. The van der Waals surface area contributed by atoms with E-state index in [0.717, 1.165) is 0 Å².